The van der Waals surface area contributed by atoms with Gasteiger partial charge < -0.3 is 4.57 Å². The average Bonchev–Trinajstić information content (AvgIpc) is 3.51. The highest BCUT2D eigenvalue weighted by Crippen LogP contribution is 2.32. The molecule has 0 aliphatic carbocycles. The van der Waals surface area contributed by atoms with Gasteiger partial charge in [-0.25, -0.2) is 18.4 Å². The van der Waals surface area contributed by atoms with Gasteiger partial charge in [0.1, 0.15) is 0 Å². The van der Waals surface area contributed by atoms with Crippen LogP contribution in [0.15, 0.2) is 66.1 Å². The summed E-state index contributed by atoms with van der Waals surface area (Å²) in [6, 6.07) is 12.3. The Hall–Kier alpha value is -3.04. The number of benzene rings is 2. The fourth-order valence-corrected chi connectivity index (χ4v) is 5.56. The highest BCUT2D eigenvalue weighted by molar-refractivity contribution is 7.91. The number of thiazole rings is 1. The number of rotatable bonds is 9. The standard InChI is InChI=1S/C24H26N4O3S2/c1-3-18-7-5-8-21-22(18)26-24(32-21)28(15-6-14-27-16-13-25-17-27)23(29)19-9-11-20(12-10-19)33(30,31)4-2/h5,7-13,16-17H,3-4,6,14-15H2,1-2H3. The maximum absolute atomic E-state index is 13.5. The molecule has 0 aliphatic heterocycles. The number of nitrogens with zero attached hydrogens (tertiary/aromatic N) is 4. The van der Waals surface area contributed by atoms with Gasteiger partial charge in [0, 0.05) is 31.0 Å². The molecule has 0 radical (unpaired) electrons. The third-order valence-corrected chi connectivity index (χ3v) is 8.34. The van der Waals surface area contributed by atoms with Gasteiger partial charge in [0.15, 0.2) is 15.0 Å². The normalized spacial score (nSPS) is 11.7. The molecule has 0 spiro atoms. The average molecular weight is 483 g/mol. The van der Waals surface area contributed by atoms with Crippen molar-refractivity contribution in [3.05, 3.63) is 72.3 Å². The molecular formula is C24H26N4O3S2. The van der Waals surface area contributed by atoms with E-state index >= 15 is 0 Å². The molecule has 0 N–H and O–H groups in total. The van der Waals surface area contributed by atoms with Crippen LogP contribution >= 0.6 is 11.3 Å². The summed E-state index contributed by atoms with van der Waals surface area (Å²) in [6.45, 7) is 4.90. The van der Waals surface area contributed by atoms with Gasteiger partial charge in [-0.2, -0.15) is 0 Å². The number of carbonyl (C=O) groups is 1. The van der Waals surface area contributed by atoms with E-state index in [9.17, 15) is 13.2 Å². The Balaban J connectivity index is 1.65. The molecule has 2 heterocycles. The molecule has 0 aliphatic rings. The van der Waals surface area contributed by atoms with Crippen molar-refractivity contribution < 1.29 is 13.2 Å². The number of sulfone groups is 1. The minimum absolute atomic E-state index is 0.0200. The number of hydrogen-bond donors (Lipinski definition) is 0. The molecule has 0 unspecified atom stereocenters. The van der Waals surface area contributed by atoms with E-state index in [0.29, 0.717) is 17.2 Å². The Morgan fingerprint density at radius 2 is 1.91 bits per heavy atom. The SMILES string of the molecule is CCc1cccc2sc(N(CCCn3ccnc3)C(=O)c3ccc(S(=O)(=O)CC)cc3)nc12. The van der Waals surface area contributed by atoms with Crippen molar-refractivity contribution >= 4 is 42.4 Å². The van der Waals surface area contributed by atoms with Crippen molar-refractivity contribution in [2.45, 2.75) is 38.1 Å². The molecular weight excluding hydrogens is 456 g/mol. The predicted molar refractivity (Wildman–Crippen MR) is 132 cm³/mol. The first-order chi connectivity index (χ1) is 15.9. The molecule has 7 nitrogen and oxygen atoms in total. The monoisotopic (exact) mass is 482 g/mol. The van der Waals surface area contributed by atoms with Crippen LogP contribution in [-0.4, -0.2) is 41.2 Å². The number of amides is 1. The molecule has 0 saturated carbocycles. The quantitative estimate of drug-likeness (QED) is 0.348. The van der Waals surface area contributed by atoms with Crippen molar-refractivity contribution in [2.24, 2.45) is 0 Å². The van der Waals surface area contributed by atoms with E-state index < -0.39 is 9.84 Å². The van der Waals surface area contributed by atoms with Gasteiger partial charge in [0.25, 0.3) is 5.91 Å². The minimum Gasteiger partial charge on any atom is -0.337 e. The lowest BCUT2D eigenvalue weighted by Gasteiger charge is -2.20. The molecule has 2 aromatic carbocycles. The Labute approximate surface area is 197 Å². The van der Waals surface area contributed by atoms with E-state index in [2.05, 4.69) is 18.0 Å². The second kappa shape index (κ2) is 9.84. The summed E-state index contributed by atoms with van der Waals surface area (Å²) in [6.07, 6.45) is 6.96. The summed E-state index contributed by atoms with van der Waals surface area (Å²) in [7, 11) is -3.32. The Kier molecular flexibility index (Phi) is 6.90. The lowest BCUT2D eigenvalue weighted by molar-refractivity contribution is 0.0986. The number of imidazole rings is 1. The molecule has 9 heteroatoms. The molecule has 0 bridgehead atoms. The van der Waals surface area contributed by atoms with Crippen molar-refractivity contribution in [1.29, 1.82) is 0 Å². The molecule has 0 atom stereocenters. The largest absolute Gasteiger partial charge is 0.337 e. The fraction of sp³-hybridized carbons (Fsp3) is 0.292. The summed E-state index contributed by atoms with van der Waals surface area (Å²) in [5.41, 5.74) is 2.51. The van der Waals surface area contributed by atoms with Crippen LogP contribution in [-0.2, 0) is 22.8 Å². The van der Waals surface area contributed by atoms with Gasteiger partial charge in [-0.15, -0.1) is 0 Å². The molecule has 33 heavy (non-hydrogen) atoms. The second-order valence-electron chi connectivity index (χ2n) is 7.65. The summed E-state index contributed by atoms with van der Waals surface area (Å²) < 4.78 is 27.3. The molecule has 1 amide bonds. The number of carbonyl (C=O) groups excluding carboxylic acids is 1. The summed E-state index contributed by atoms with van der Waals surface area (Å²) in [5.74, 6) is -0.176. The van der Waals surface area contributed by atoms with Crippen LogP contribution in [0.2, 0.25) is 0 Å². The smallest absolute Gasteiger partial charge is 0.260 e. The van der Waals surface area contributed by atoms with E-state index in [1.165, 1.54) is 23.5 Å². The third-order valence-electron chi connectivity index (χ3n) is 5.55. The highest BCUT2D eigenvalue weighted by atomic mass is 32.2. The van der Waals surface area contributed by atoms with E-state index in [1.54, 1.807) is 36.5 Å². The van der Waals surface area contributed by atoms with Gasteiger partial charge in [-0.05, 0) is 48.7 Å². The number of para-hydroxylation sites is 1. The van der Waals surface area contributed by atoms with E-state index in [1.807, 2.05) is 22.9 Å². The van der Waals surface area contributed by atoms with Crippen LogP contribution in [0.1, 0.15) is 36.2 Å². The maximum atomic E-state index is 13.5. The van der Waals surface area contributed by atoms with Crippen LogP contribution in [0, 0.1) is 0 Å². The van der Waals surface area contributed by atoms with E-state index in [0.717, 1.165) is 35.2 Å². The van der Waals surface area contributed by atoms with Crippen LogP contribution in [0.25, 0.3) is 10.2 Å². The van der Waals surface area contributed by atoms with E-state index in [4.69, 9.17) is 4.98 Å². The van der Waals surface area contributed by atoms with Crippen LogP contribution < -0.4 is 4.90 Å². The van der Waals surface area contributed by atoms with Crippen LogP contribution in [0.3, 0.4) is 0 Å². The highest BCUT2D eigenvalue weighted by Gasteiger charge is 2.22. The van der Waals surface area contributed by atoms with Crippen molar-refractivity contribution in [1.82, 2.24) is 14.5 Å². The van der Waals surface area contributed by atoms with E-state index in [-0.39, 0.29) is 16.6 Å². The molecule has 2 aromatic heterocycles. The Morgan fingerprint density at radius 3 is 2.58 bits per heavy atom. The molecule has 0 saturated heterocycles. The first kappa shape index (κ1) is 23.1. The van der Waals surface area contributed by atoms with Gasteiger partial charge in [0.2, 0.25) is 0 Å². The number of aromatic nitrogens is 3. The topological polar surface area (TPSA) is 85.2 Å². The van der Waals surface area contributed by atoms with Crippen LogP contribution in [0.4, 0.5) is 5.13 Å². The number of fused-ring (bicyclic) bond motifs is 1. The van der Waals surface area contributed by atoms with Crippen LogP contribution in [0.5, 0.6) is 0 Å². The molecule has 0 fully saturated rings. The molecule has 4 rings (SSSR count). The zero-order chi connectivity index (χ0) is 23.4. The third kappa shape index (κ3) is 4.99. The maximum Gasteiger partial charge on any atom is 0.260 e. The number of hydrogen-bond acceptors (Lipinski definition) is 6. The summed E-state index contributed by atoms with van der Waals surface area (Å²) in [4.78, 5) is 24.3. The fourth-order valence-electron chi connectivity index (χ4n) is 3.64. The summed E-state index contributed by atoms with van der Waals surface area (Å²) >= 11 is 1.50. The lowest BCUT2D eigenvalue weighted by Crippen LogP contribution is -2.32. The first-order valence-electron chi connectivity index (χ1n) is 10.9. The lowest BCUT2D eigenvalue weighted by atomic mass is 10.1. The summed E-state index contributed by atoms with van der Waals surface area (Å²) in [5, 5.41) is 0.645. The zero-order valence-corrected chi connectivity index (χ0v) is 20.3. The van der Waals surface area contributed by atoms with Crippen molar-refractivity contribution in [3.63, 3.8) is 0 Å². The Bertz CT molecular complexity index is 1340. The minimum atomic E-state index is -3.32. The molecule has 4 aromatic rings. The van der Waals surface area contributed by atoms with Gasteiger partial charge in [-0.1, -0.05) is 37.3 Å². The van der Waals surface area contributed by atoms with Gasteiger partial charge >= 0.3 is 0 Å². The van der Waals surface area contributed by atoms with Gasteiger partial charge in [-0.3, -0.25) is 9.69 Å². The molecule has 172 valence electrons. The Morgan fingerprint density at radius 1 is 1.12 bits per heavy atom. The van der Waals surface area contributed by atoms with Crippen molar-refractivity contribution in [2.75, 3.05) is 17.2 Å². The first-order valence-corrected chi connectivity index (χ1v) is 13.4. The zero-order valence-electron chi connectivity index (χ0n) is 18.6. The number of anilines is 1. The van der Waals surface area contributed by atoms with Crippen molar-refractivity contribution in [3.8, 4) is 0 Å². The predicted octanol–water partition coefficient (Wildman–Crippen LogP) is 4.59. The number of aryl methyl sites for hydroxylation is 2. The second-order valence-corrected chi connectivity index (χ2v) is 10.9. The van der Waals surface area contributed by atoms with Gasteiger partial charge in [0.05, 0.1) is 27.2 Å².